The second kappa shape index (κ2) is 5.00. The lowest BCUT2D eigenvalue weighted by Gasteiger charge is -2.27. The molecule has 1 aliphatic heterocycles. The SMILES string of the molecule is CC1=C(C=O)C(c2ccccc2)C(C=O)=C(C)N1. The Labute approximate surface area is 106 Å². The smallest absolute Gasteiger partial charge is 0.148 e. The van der Waals surface area contributed by atoms with Crippen molar-refractivity contribution in [1.29, 1.82) is 0 Å². The van der Waals surface area contributed by atoms with Gasteiger partial charge in [-0.2, -0.15) is 0 Å². The van der Waals surface area contributed by atoms with Gasteiger partial charge in [0.25, 0.3) is 0 Å². The highest BCUT2D eigenvalue weighted by atomic mass is 16.1. The molecule has 0 fully saturated rings. The fraction of sp³-hybridized carbons (Fsp3) is 0.200. The first kappa shape index (κ1) is 12.3. The lowest BCUT2D eigenvalue weighted by Crippen LogP contribution is -2.25. The summed E-state index contributed by atoms with van der Waals surface area (Å²) in [6.45, 7) is 3.70. The molecular weight excluding hydrogens is 226 g/mol. The van der Waals surface area contributed by atoms with Crippen molar-refractivity contribution in [3.8, 4) is 0 Å². The fourth-order valence-corrected chi connectivity index (χ4v) is 2.34. The molecule has 0 atom stereocenters. The fourth-order valence-electron chi connectivity index (χ4n) is 2.34. The van der Waals surface area contributed by atoms with Gasteiger partial charge in [-0.25, -0.2) is 0 Å². The van der Waals surface area contributed by atoms with Crippen LogP contribution >= 0.6 is 0 Å². The molecule has 2 rings (SSSR count). The number of carbonyl (C=O) groups excluding carboxylic acids is 2. The van der Waals surface area contributed by atoms with Gasteiger partial charge < -0.3 is 5.32 Å². The number of aldehydes is 2. The molecule has 18 heavy (non-hydrogen) atoms. The number of nitrogens with one attached hydrogen (secondary N) is 1. The zero-order valence-corrected chi connectivity index (χ0v) is 10.4. The molecule has 0 bridgehead atoms. The Balaban J connectivity index is 2.60. The first-order valence-electron chi connectivity index (χ1n) is 5.83. The predicted octanol–water partition coefficient (Wildman–Crippen LogP) is 2.32. The first-order chi connectivity index (χ1) is 8.69. The van der Waals surface area contributed by atoms with Crippen LogP contribution in [0.1, 0.15) is 25.3 Å². The molecule has 0 spiro atoms. The van der Waals surface area contributed by atoms with E-state index in [1.54, 1.807) is 0 Å². The van der Waals surface area contributed by atoms with Gasteiger partial charge in [-0.05, 0) is 19.4 Å². The Morgan fingerprint density at radius 1 is 0.944 bits per heavy atom. The second-order valence-electron chi connectivity index (χ2n) is 4.37. The van der Waals surface area contributed by atoms with Gasteiger partial charge in [0, 0.05) is 28.5 Å². The summed E-state index contributed by atoms with van der Waals surface area (Å²) in [5.74, 6) is -0.262. The lowest BCUT2D eigenvalue weighted by atomic mass is 9.82. The summed E-state index contributed by atoms with van der Waals surface area (Å²) in [5, 5.41) is 3.08. The van der Waals surface area contributed by atoms with Crippen molar-refractivity contribution >= 4 is 12.6 Å². The van der Waals surface area contributed by atoms with Crippen molar-refractivity contribution in [1.82, 2.24) is 5.32 Å². The standard InChI is InChI=1S/C15H15NO2/c1-10-13(8-17)15(12-6-4-3-5-7-12)14(9-18)11(2)16-10/h3-9,15-16H,1-2H3. The van der Waals surface area contributed by atoms with E-state index in [0.29, 0.717) is 11.1 Å². The molecule has 0 saturated heterocycles. The molecule has 0 aromatic heterocycles. The molecule has 1 heterocycles. The Morgan fingerprint density at radius 3 is 1.89 bits per heavy atom. The third-order valence-electron chi connectivity index (χ3n) is 3.25. The number of allylic oxidation sites excluding steroid dienone is 4. The van der Waals surface area contributed by atoms with Gasteiger partial charge in [0.15, 0.2) is 0 Å². The maximum atomic E-state index is 11.3. The van der Waals surface area contributed by atoms with E-state index in [1.807, 2.05) is 44.2 Å². The zero-order chi connectivity index (χ0) is 13.1. The lowest BCUT2D eigenvalue weighted by molar-refractivity contribution is -0.105. The van der Waals surface area contributed by atoms with Crippen molar-refractivity contribution in [3.63, 3.8) is 0 Å². The van der Waals surface area contributed by atoms with Gasteiger partial charge in [0.2, 0.25) is 0 Å². The highest BCUT2D eigenvalue weighted by Gasteiger charge is 2.28. The maximum absolute atomic E-state index is 11.3. The molecule has 0 radical (unpaired) electrons. The molecule has 1 N–H and O–H groups in total. The third-order valence-corrected chi connectivity index (χ3v) is 3.25. The second-order valence-corrected chi connectivity index (χ2v) is 4.37. The highest BCUT2D eigenvalue weighted by molar-refractivity contribution is 5.87. The van der Waals surface area contributed by atoms with Gasteiger partial charge in [0.05, 0.1) is 0 Å². The predicted molar refractivity (Wildman–Crippen MR) is 69.8 cm³/mol. The summed E-state index contributed by atoms with van der Waals surface area (Å²) in [7, 11) is 0. The third kappa shape index (κ3) is 1.99. The topological polar surface area (TPSA) is 46.2 Å². The molecule has 0 amide bonds. The summed E-state index contributed by atoms with van der Waals surface area (Å²) in [6, 6.07) is 9.60. The van der Waals surface area contributed by atoms with Gasteiger partial charge in [-0.1, -0.05) is 30.3 Å². The van der Waals surface area contributed by atoms with Crippen LogP contribution in [0.4, 0.5) is 0 Å². The van der Waals surface area contributed by atoms with Gasteiger partial charge in [-0.15, -0.1) is 0 Å². The molecule has 1 aromatic rings. The van der Waals surface area contributed by atoms with Crippen LogP contribution in [-0.2, 0) is 9.59 Å². The molecule has 0 unspecified atom stereocenters. The van der Waals surface area contributed by atoms with Crippen molar-refractivity contribution in [2.75, 3.05) is 0 Å². The van der Waals surface area contributed by atoms with E-state index in [2.05, 4.69) is 5.32 Å². The van der Waals surface area contributed by atoms with Crippen LogP contribution in [0.15, 0.2) is 52.9 Å². The minimum absolute atomic E-state index is 0.262. The van der Waals surface area contributed by atoms with E-state index >= 15 is 0 Å². The highest BCUT2D eigenvalue weighted by Crippen LogP contribution is 2.35. The molecule has 0 saturated carbocycles. The largest absolute Gasteiger partial charge is 0.362 e. The average molecular weight is 241 g/mol. The summed E-state index contributed by atoms with van der Waals surface area (Å²) in [4.78, 5) is 22.6. The van der Waals surface area contributed by atoms with E-state index in [9.17, 15) is 9.59 Å². The van der Waals surface area contributed by atoms with Crippen LogP contribution in [0, 0.1) is 0 Å². The monoisotopic (exact) mass is 241 g/mol. The quantitative estimate of drug-likeness (QED) is 0.826. The van der Waals surface area contributed by atoms with Crippen LogP contribution in [0.25, 0.3) is 0 Å². The van der Waals surface area contributed by atoms with E-state index in [4.69, 9.17) is 0 Å². The van der Waals surface area contributed by atoms with Crippen LogP contribution in [-0.4, -0.2) is 12.6 Å². The van der Waals surface area contributed by atoms with E-state index in [0.717, 1.165) is 29.5 Å². The molecule has 1 aromatic carbocycles. The molecule has 3 heteroatoms. The summed E-state index contributed by atoms with van der Waals surface area (Å²) in [6.07, 6.45) is 1.66. The Kier molecular flexibility index (Phi) is 3.42. The van der Waals surface area contributed by atoms with Crippen LogP contribution in [0.3, 0.4) is 0 Å². The number of dihydropyridines is 1. The number of hydrogen-bond acceptors (Lipinski definition) is 3. The molecule has 1 aliphatic rings. The average Bonchev–Trinajstić information content (AvgIpc) is 2.39. The van der Waals surface area contributed by atoms with E-state index in [1.165, 1.54) is 0 Å². The van der Waals surface area contributed by atoms with Gasteiger partial charge >= 0.3 is 0 Å². The van der Waals surface area contributed by atoms with Crippen molar-refractivity contribution in [2.24, 2.45) is 0 Å². The Morgan fingerprint density at radius 2 is 1.44 bits per heavy atom. The minimum Gasteiger partial charge on any atom is -0.362 e. The first-order valence-corrected chi connectivity index (χ1v) is 5.83. The van der Waals surface area contributed by atoms with Crippen molar-refractivity contribution in [2.45, 2.75) is 19.8 Å². The van der Waals surface area contributed by atoms with Crippen LogP contribution < -0.4 is 5.32 Å². The molecule has 0 aliphatic carbocycles. The van der Waals surface area contributed by atoms with Crippen LogP contribution in [0.2, 0.25) is 0 Å². The van der Waals surface area contributed by atoms with Crippen LogP contribution in [0.5, 0.6) is 0 Å². The van der Waals surface area contributed by atoms with E-state index < -0.39 is 0 Å². The number of hydrogen-bond donors (Lipinski definition) is 1. The normalized spacial score (nSPS) is 16.6. The van der Waals surface area contributed by atoms with Gasteiger partial charge in [0.1, 0.15) is 12.6 Å². The Bertz CT molecular complexity index is 511. The van der Waals surface area contributed by atoms with Gasteiger partial charge in [-0.3, -0.25) is 9.59 Å². The Hall–Kier alpha value is -2.16. The summed E-state index contributed by atoms with van der Waals surface area (Å²) < 4.78 is 0. The summed E-state index contributed by atoms with van der Waals surface area (Å²) in [5.41, 5.74) is 3.81. The number of rotatable bonds is 3. The molecular formula is C15H15NO2. The number of benzene rings is 1. The molecule has 3 nitrogen and oxygen atoms in total. The molecule has 92 valence electrons. The summed E-state index contributed by atoms with van der Waals surface area (Å²) >= 11 is 0. The zero-order valence-electron chi connectivity index (χ0n) is 10.4. The maximum Gasteiger partial charge on any atom is 0.148 e. The minimum atomic E-state index is -0.262. The van der Waals surface area contributed by atoms with Crippen molar-refractivity contribution < 1.29 is 9.59 Å². The number of carbonyl (C=O) groups is 2. The van der Waals surface area contributed by atoms with Crippen molar-refractivity contribution in [3.05, 3.63) is 58.4 Å². The van der Waals surface area contributed by atoms with E-state index in [-0.39, 0.29) is 5.92 Å².